The van der Waals surface area contributed by atoms with Crippen LogP contribution in [0.3, 0.4) is 0 Å². The van der Waals surface area contributed by atoms with Gasteiger partial charge < -0.3 is 4.74 Å². The van der Waals surface area contributed by atoms with Crippen molar-refractivity contribution in [1.82, 2.24) is 0 Å². The lowest BCUT2D eigenvalue weighted by Crippen LogP contribution is -2.15. The number of carbonyl (C=O) groups excluding carboxylic acids is 1. The van der Waals surface area contributed by atoms with E-state index in [0.29, 0.717) is 5.56 Å². The Hall–Kier alpha value is -2.35. The Morgan fingerprint density at radius 1 is 1.05 bits per heavy atom. The summed E-state index contributed by atoms with van der Waals surface area (Å²) in [5.41, 5.74) is 1.68. The molecule has 2 aromatic rings. The van der Waals surface area contributed by atoms with E-state index in [4.69, 9.17) is 4.74 Å². The van der Waals surface area contributed by atoms with E-state index in [0.717, 1.165) is 12.0 Å². The predicted octanol–water partition coefficient (Wildman–Crippen LogP) is 4.34. The van der Waals surface area contributed by atoms with Crippen LogP contribution in [0.5, 0.6) is 0 Å². The van der Waals surface area contributed by atoms with Gasteiger partial charge in [0.2, 0.25) is 0 Å². The van der Waals surface area contributed by atoms with Crippen LogP contribution in [0.1, 0.15) is 29.3 Å². The number of ether oxygens (including phenoxy) is 1. The van der Waals surface area contributed by atoms with Crippen molar-refractivity contribution in [2.45, 2.75) is 19.4 Å². The summed E-state index contributed by atoms with van der Waals surface area (Å²) in [5.74, 6) is -0.282. The van der Waals surface area contributed by atoms with Crippen LogP contribution < -0.4 is 0 Å². The van der Waals surface area contributed by atoms with Crippen LogP contribution in [0.2, 0.25) is 0 Å². The van der Waals surface area contributed by atoms with E-state index in [1.54, 1.807) is 12.1 Å². The Kier molecular flexibility index (Phi) is 5.13. The molecule has 0 aliphatic rings. The van der Waals surface area contributed by atoms with Gasteiger partial charge in [-0.1, -0.05) is 61.5 Å². The van der Waals surface area contributed by atoms with Gasteiger partial charge in [-0.15, -0.1) is 0 Å². The van der Waals surface area contributed by atoms with Crippen molar-refractivity contribution < 1.29 is 9.53 Å². The monoisotopic (exact) mass is 266 g/mol. The zero-order chi connectivity index (χ0) is 14.2. The van der Waals surface area contributed by atoms with E-state index in [-0.39, 0.29) is 12.1 Å². The molecule has 102 valence electrons. The van der Waals surface area contributed by atoms with Gasteiger partial charge in [-0.2, -0.15) is 0 Å². The molecule has 0 radical (unpaired) electrons. The molecule has 0 amide bonds. The van der Waals surface area contributed by atoms with E-state index in [9.17, 15) is 4.79 Å². The zero-order valence-electron chi connectivity index (χ0n) is 11.5. The molecule has 2 heteroatoms. The summed E-state index contributed by atoms with van der Waals surface area (Å²) in [6.07, 6.45) is 4.45. The summed E-state index contributed by atoms with van der Waals surface area (Å²) in [7, 11) is 0. The summed E-state index contributed by atoms with van der Waals surface area (Å²) in [4.78, 5) is 12.0. The summed E-state index contributed by atoms with van der Waals surface area (Å²) in [5, 5.41) is 0. The van der Waals surface area contributed by atoms with E-state index >= 15 is 0 Å². The van der Waals surface area contributed by atoms with Crippen molar-refractivity contribution >= 4 is 12.0 Å². The maximum Gasteiger partial charge on any atom is 0.338 e. The third-order valence-corrected chi connectivity index (χ3v) is 2.97. The van der Waals surface area contributed by atoms with E-state index < -0.39 is 0 Å². The predicted molar refractivity (Wildman–Crippen MR) is 81.4 cm³/mol. The molecular formula is C18H18O2. The lowest BCUT2D eigenvalue weighted by Gasteiger charge is -2.12. The molecule has 2 rings (SSSR count). The summed E-state index contributed by atoms with van der Waals surface area (Å²) < 4.78 is 5.48. The molecule has 0 aliphatic carbocycles. The molecular weight excluding hydrogens is 248 g/mol. The molecule has 2 nitrogen and oxygen atoms in total. The number of benzene rings is 2. The molecule has 0 fully saturated rings. The van der Waals surface area contributed by atoms with Crippen molar-refractivity contribution in [1.29, 1.82) is 0 Å². The van der Waals surface area contributed by atoms with Crippen LogP contribution in [0, 0.1) is 0 Å². The number of rotatable bonds is 5. The van der Waals surface area contributed by atoms with Crippen LogP contribution in [-0.2, 0) is 4.74 Å². The molecule has 0 spiro atoms. The minimum atomic E-state index is -0.282. The van der Waals surface area contributed by atoms with Crippen molar-refractivity contribution in [3.05, 3.63) is 77.9 Å². The molecule has 20 heavy (non-hydrogen) atoms. The Balaban J connectivity index is 1.99. The molecule has 0 saturated carbocycles. The molecule has 0 unspecified atom stereocenters. The Morgan fingerprint density at radius 2 is 1.65 bits per heavy atom. The second kappa shape index (κ2) is 7.29. The first-order valence-electron chi connectivity index (χ1n) is 6.79. The first-order valence-corrected chi connectivity index (χ1v) is 6.79. The second-order valence-corrected chi connectivity index (χ2v) is 4.49. The molecule has 0 bridgehead atoms. The zero-order valence-corrected chi connectivity index (χ0v) is 11.5. The lowest BCUT2D eigenvalue weighted by atomic mass is 10.1. The molecule has 1 atom stereocenters. The Bertz CT molecular complexity index is 558. The maximum atomic E-state index is 12.0. The van der Waals surface area contributed by atoms with Gasteiger partial charge in [-0.05, 0) is 30.2 Å². The number of hydrogen-bond acceptors (Lipinski definition) is 2. The highest BCUT2D eigenvalue weighted by Crippen LogP contribution is 2.09. The quantitative estimate of drug-likeness (QED) is 0.753. The van der Waals surface area contributed by atoms with Gasteiger partial charge in [0.1, 0.15) is 6.10 Å². The first kappa shape index (κ1) is 14.1. The standard InChI is InChI=1S/C18H18O2/c1-2-17(14-13-15-9-5-3-6-10-15)20-18(19)16-11-7-4-8-12-16/h3-14,17H,2H2,1H3/b14-13+/t17-/m0/s1. The lowest BCUT2D eigenvalue weighted by molar-refractivity contribution is 0.0390. The minimum absolute atomic E-state index is 0.206. The average Bonchev–Trinajstić information content (AvgIpc) is 2.53. The highest BCUT2D eigenvalue weighted by atomic mass is 16.5. The van der Waals surface area contributed by atoms with Crippen molar-refractivity contribution in [3.63, 3.8) is 0 Å². The summed E-state index contributed by atoms with van der Waals surface area (Å²) in [6.45, 7) is 2.00. The van der Waals surface area contributed by atoms with Crippen molar-refractivity contribution in [3.8, 4) is 0 Å². The SMILES string of the molecule is CC[C@@H](/C=C/c1ccccc1)OC(=O)c1ccccc1. The molecule has 0 aliphatic heterocycles. The van der Waals surface area contributed by atoms with Gasteiger partial charge in [0.25, 0.3) is 0 Å². The van der Waals surface area contributed by atoms with Crippen molar-refractivity contribution in [2.75, 3.05) is 0 Å². The van der Waals surface area contributed by atoms with Gasteiger partial charge >= 0.3 is 5.97 Å². The normalized spacial score (nSPS) is 12.2. The van der Waals surface area contributed by atoms with Crippen molar-refractivity contribution in [2.24, 2.45) is 0 Å². The van der Waals surface area contributed by atoms with Gasteiger partial charge in [0, 0.05) is 0 Å². The van der Waals surface area contributed by atoms with Crippen LogP contribution in [0.25, 0.3) is 6.08 Å². The highest BCUT2D eigenvalue weighted by Gasteiger charge is 2.11. The molecule has 0 saturated heterocycles. The van der Waals surface area contributed by atoms with Crippen LogP contribution in [0.4, 0.5) is 0 Å². The third kappa shape index (κ3) is 4.09. The highest BCUT2D eigenvalue weighted by molar-refractivity contribution is 5.89. The summed E-state index contributed by atoms with van der Waals surface area (Å²) in [6, 6.07) is 19.0. The fourth-order valence-electron chi connectivity index (χ4n) is 1.82. The van der Waals surface area contributed by atoms with Crippen LogP contribution >= 0.6 is 0 Å². The topological polar surface area (TPSA) is 26.3 Å². The van der Waals surface area contributed by atoms with Crippen LogP contribution in [0.15, 0.2) is 66.7 Å². The average molecular weight is 266 g/mol. The smallest absolute Gasteiger partial charge is 0.338 e. The Morgan fingerprint density at radius 3 is 2.25 bits per heavy atom. The first-order chi connectivity index (χ1) is 9.79. The van der Waals surface area contributed by atoms with Gasteiger partial charge in [0.15, 0.2) is 0 Å². The molecule has 0 heterocycles. The molecule has 0 N–H and O–H groups in total. The van der Waals surface area contributed by atoms with Gasteiger partial charge in [-0.25, -0.2) is 4.79 Å². The Labute approximate surface area is 119 Å². The second-order valence-electron chi connectivity index (χ2n) is 4.49. The van der Waals surface area contributed by atoms with E-state index in [1.807, 2.05) is 67.6 Å². The number of carbonyl (C=O) groups is 1. The van der Waals surface area contributed by atoms with E-state index in [2.05, 4.69) is 0 Å². The fourth-order valence-corrected chi connectivity index (χ4v) is 1.82. The van der Waals surface area contributed by atoms with Gasteiger partial charge in [-0.3, -0.25) is 0 Å². The molecule has 0 aromatic heterocycles. The molecule has 2 aromatic carbocycles. The largest absolute Gasteiger partial charge is 0.455 e. The third-order valence-electron chi connectivity index (χ3n) is 2.97. The van der Waals surface area contributed by atoms with Gasteiger partial charge in [0.05, 0.1) is 5.56 Å². The number of hydrogen-bond donors (Lipinski definition) is 0. The number of esters is 1. The van der Waals surface area contributed by atoms with Crippen LogP contribution in [-0.4, -0.2) is 12.1 Å². The van der Waals surface area contributed by atoms with E-state index in [1.165, 1.54) is 0 Å². The maximum absolute atomic E-state index is 12.0. The fraction of sp³-hybridized carbons (Fsp3) is 0.167. The summed E-state index contributed by atoms with van der Waals surface area (Å²) >= 11 is 0. The minimum Gasteiger partial charge on any atom is -0.455 e.